The third-order valence-corrected chi connectivity index (χ3v) is 4.88. The van der Waals surface area contributed by atoms with Crippen molar-refractivity contribution >= 4 is 23.6 Å². The zero-order valence-electron chi connectivity index (χ0n) is 12.9. The van der Waals surface area contributed by atoms with Gasteiger partial charge in [0.1, 0.15) is 12.9 Å². The number of rotatable bonds is 3. The molecule has 9 nitrogen and oxygen atoms in total. The van der Waals surface area contributed by atoms with Crippen LogP contribution in [-0.2, 0) is 13.6 Å². The van der Waals surface area contributed by atoms with E-state index in [2.05, 4.69) is 25.4 Å². The summed E-state index contributed by atoms with van der Waals surface area (Å²) in [6.07, 6.45) is 3.05. The van der Waals surface area contributed by atoms with Crippen LogP contribution in [0.1, 0.15) is 17.6 Å². The minimum absolute atomic E-state index is 0. The summed E-state index contributed by atoms with van der Waals surface area (Å²) in [7, 11) is 1.77. The number of hydrogen-bond donors (Lipinski definition) is 1. The Morgan fingerprint density at radius 2 is 2.04 bits per heavy atom. The number of hydrogen-bond acceptors (Lipinski definition) is 7. The quantitative estimate of drug-likeness (QED) is 0.705. The highest BCUT2D eigenvalue weighted by Crippen LogP contribution is 2.54. The van der Waals surface area contributed by atoms with E-state index in [0.717, 1.165) is 18.9 Å². The Balaban J connectivity index is 0.00000146. The summed E-state index contributed by atoms with van der Waals surface area (Å²) in [5.74, 6) is 2.87. The number of nitrogens with one attached hydrogen (secondary N) is 1. The van der Waals surface area contributed by atoms with Crippen molar-refractivity contribution in [1.82, 2.24) is 34.6 Å². The van der Waals surface area contributed by atoms with E-state index < -0.39 is 0 Å². The zero-order valence-corrected chi connectivity index (χ0v) is 13.7. The maximum atomic E-state index is 12.5. The lowest BCUT2D eigenvalue weighted by atomic mass is 10.3. The minimum Gasteiger partial charge on any atom is -0.337 e. The number of halogens is 1. The first-order valence-electron chi connectivity index (χ1n) is 7.62. The van der Waals surface area contributed by atoms with E-state index in [9.17, 15) is 4.79 Å². The normalized spacial score (nSPS) is 24.8. The van der Waals surface area contributed by atoms with Gasteiger partial charge in [0.2, 0.25) is 5.89 Å². The van der Waals surface area contributed by atoms with Crippen molar-refractivity contribution in [3.05, 3.63) is 34.7 Å². The van der Waals surface area contributed by atoms with Crippen LogP contribution in [0, 0.1) is 11.8 Å². The van der Waals surface area contributed by atoms with E-state index in [0.29, 0.717) is 34.8 Å². The Morgan fingerprint density at radius 1 is 1.29 bits per heavy atom. The lowest BCUT2D eigenvalue weighted by Gasteiger charge is -2.01. The van der Waals surface area contributed by atoms with Gasteiger partial charge in [-0.3, -0.25) is 9.36 Å². The predicted octanol–water partition coefficient (Wildman–Crippen LogP) is -0.0841. The number of imidazole rings is 1. The Kier molecular flexibility index (Phi) is 3.43. The van der Waals surface area contributed by atoms with Crippen molar-refractivity contribution in [1.29, 1.82) is 0 Å². The summed E-state index contributed by atoms with van der Waals surface area (Å²) in [5.41, 5.74) is 0.746. The van der Waals surface area contributed by atoms with Crippen LogP contribution in [0.2, 0.25) is 0 Å². The number of fused-ring (bicyclic) bond motifs is 2. The molecule has 1 aliphatic heterocycles. The highest BCUT2D eigenvalue weighted by atomic mass is 35.5. The lowest BCUT2D eigenvalue weighted by molar-refractivity contribution is 0.363. The maximum Gasteiger partial charge on any atom is 0.280 e. The topological polar surface area (TPSA) is 104 Å². The van der Waals surface area contributed by atoms with Crippen molar-refractivity contribution in [2.24, 2.45) is 18.9 Å². The molecule has 24 heavy (non-hydrogen) atoms. The van der Waals surface area contributed by atoms with Crippen LogP contribution in [0.25, 0.3) is 11.2 Å². The molecule has 1 saturated carbocycles. The first-order valence-corrected chi connectivity index (χ1v) is 7.62. The molecule has 0 radical (unpaired) electrons. The van der Waals surface area contributed by atoms with Gasteiger partial charge in [-0.25, -0.2) is 9.97 Å². The van der Waals surface area contributed by atoms with Crippen molar-refractivity contribution in [3.8, 4) is 0 Å². The smallest absolute Gasteiger partial charge is 0.280 e. The van der Waals surface area contributed by atoms with Crippen LogP contribution in [0.4, 0.5) is 0 Å². The number of piperidine rings is 1. The van der Waals surface area contributed by atoms with Crippen molar-refractivity contribution in [2.75, 3.05) is 13.1 Å². The van der Waals surface area contributed by atoms with Gasteiger partial charge in [-0.2, -0.15) is 4.98 Å². The second-order valence-electron chi connectivity index (χ2n) is 6.26. The summed E-state index contributed by atoms with van der Waals surface area (Å²) in [4.78, 5) is 25.2. The Labute approximate surface area is 142 Å². The van der Waals surface area contributed by atoms with Crippen molar-refractivity contribution in [3.63, 3.8) is 0 Å². The molecule has 0 bridgehead atoms. The molecule has 10 heteroatoms. The average Bonchev–Trinajstić information content (AvgIpc) is 3.01. The number of aromatic nitrogens is 6. The standard InChI is InChI=1S/C14H15N7O2.ClH/c1-20-5-16-13-11(20)14(22)21(6-17-13)4-9-18-12(19-23-9)10-7-2-15-3-8(7)10;/h5-8,10,15H,2-4H2,1H3;1H. The van der Waals surface area contributed by atoms with E-state index in [1.54, 1.807) is 17.9 Å². The fourth-order valence-corrected chi connectivity index (χ4v) is 3.60. The number of nitrogens with zero attached hydrogens (tertiary/aromatic N) is 6. The van der Waals surface area contributed by atoms with Gasteiger partial charge in [0.25, 0.3) is 5.56 Å². The molecule has 2 atom stereocenters. The molecule has 1 aliphatic carbocycles. The van der Waals surface area contributed by atoms with Crippen molar-refractivity contribution < 1.29 is 4.52 Å². The minimum atomic E-state index is -0.165. The SMILES string of the molecule is Cl.Cn1cnc2ncn(Cc3nc(C4C5CNCC54)no3)c(=O)c21. The highest BCUT2D eigenvalue weighted by molar-refractivity contribution is 5.85. The molecule has 0 aromatic carbocycles. The summed E-state index contributed by atoms with van der Waals surface area (Å²) in [6.45, 7) is 2.28. The summed E-state index contributed by atoms with van der Waals surface area (Å²) in [6, 6.07) is 0. The molecular weight excluding hydrogens is 334 g/mol. The van der Waals surface area contributed by atoms with Gasteiger partial charge < -0.3 is 14.4 Å². The summed E-state index contributed by atoms with van der Waals surface area (Å²) < 4.78 is 8.46. The van der Waals surface area contributed by atoms with Gasteiger partial charge in [-0.1, -0.05) is 5.16 Å². The predicted molar refractivity (Wildman–Crippen MR) is 86.0 cm³/mol. The summed E-state index contributed by atoms with van der Waals surface area (Å²) in [5, 5.41) is 7.44. The van der Waals surface area contributed by atoms with Crippen LogP contribution in [0.3, 0.4) is 0 Å². The van der Waals surface area contributed by atoms with Gasteiger partial charge in [-0.05, 0) is 24.9 Å². The van der Waals surface area contributed by atoms with Crippen LogP contribution in [-0.4, -0.2) is 42.3 Å². The van der Waals surface area contributed by atoms with E-state index in [-0.39, 0.29) is 24.5 Å². The Bertz CT molecular complexity index is 952. The van der Waals surface area contributed by atoms with Crippen LogP contribution in [0.5, 0.6) is 0 Å². The van der Waals surface area contributed by atoms with E-state index in [1.165, 1.54) is 10.9 Å². The van der Waals surface area contributed by atoms with E-state index in [1.807, 2.05) is 0 Å². The molecule has 2 aliphatic rings. The van der Waals surface area contributed by atoms with Gasteiger partial charge in [0, 0.05) is 13.0 Å². The molecule has 2 unspecified atom stereocenters. The van der Waals surface area contributed by atoms with Gasteiger partial charge in [-0.15, -0.1) is 12.4 Å². The lowest BCUT2D eigenvalue weighted by Crippen LogP contribution is -2.22. The fourth-order valence-electron chi connectivity index (χ4n) is 3.60. The zero-order chi connectivity index (χ0) is 15.6. The third kappa shape index (κ3) is 2.15. The van der Waals surface area contributed by atoms with Crippen LogP contribution < -0.4 is 10.9 Å². The van der Waals surface area contributed by atoms with Crippen molar-refractivity contribution in [2.45, 2.75) is 12.5 Å². The molecular formula is C14H16ClN7O2. The van der Waals surface area contributed by atoms with E-state index in [4.69, 9.17) is 4.52 Å². The first-order chi connectivity index (χ1) is 11.2. The van der Waals surface area contributed by atoms with Gasteiger partial charge >= 0.3 is 0 Å². The first kappa shape index (κ1) is 15.3. The van der Waals surface area contributed by atoms with Crippen LogP contribution in [0.15, 0.2) is 22.0 Å². The second-order valence-corrected chi connectivity index (χ2v) is 6.26. The average molecular weight is 350 g/mol. The molecule has 126 valence electrons. The van der Waals surface area contributed by atoms with Gasteiger partial charge in [0.15, 0.2) is 17.0 Å². The van der Waals surface area contributed by atoms with Crippen LogP contribution >= 0.6 is 12.4 Å². The molecule has 5 rings (SSSR count). The maximum absolute atomic E-state index is 12.5. The van der Waals surface area contributed by atoms with Gasteiger partial charge in [0.05, 0.1) is 6.33 Å². The Morgan fingerprint density at radius 3 is 2.83 bits per heavy atom. The molecule has 1 N–H and O–H groups in total. The largest absolute Gasteiger partial charge is 0.337 e. The highest BCUT2D eigenvalue weighted by Gasteiger charge is 2.55. The molecule has 3 aromatic heterocycles. The molecule has 3 aromatic rings. The second kappa shape index (κ2) is 5.38. The third-order valence-electron chi connectivity index (χ3n) is 4.88. The fraction of sp³-hybridized carbons (Fsp3) is 0.500. The van der Waals surface area contributed by atoms with E-state index >= 15 is 0 Å². The molecule has 4 heterocycles. The monoisotopic (exact) mass is 349 g/mol. The summed E-state index contributed by atoms with van der Waals surface area (Å²) >= 11 is 0. The molecule has 0 amide bonds. The number of aryl methyl sites for hydroxylation is 1. The molecule has 2 fully saturated rings. The Hall–Kier alpha value is -2.26. The molecule has 0 spiro atoms. The molecule has 1 saturated heterocycles.